The fourth-order valence-electron chi connectivity index (χ4n) is 1.90. The Balaban J connectivity index is 2.34. The Morgan fingerprint density at radius 2 is 2.17 bits per heavy atom. The molecule has 0 amide bonds. The fraction of sp³-hybridized carbons (Fsp3) is 1.00. The molecule has 1 rings (SSSR count). The minimum atomic E-state index is -0.552. The van der Waals surface area contributed by atoms with E-state index in [2.05, 4.69) is 25.7 Å². The summed E-state index contributed by atoms with van der Waals surface area (Å²) in [4.78, 5) is 2.40. The Morgan fingerprint density at radius 3 is 2.67 bits per heavy atom. The molecule has 1 fully saturated rings. The van der Waals surface area contributed by atoms with E-state index in [1.807, 2.05) is 0 Å². The first-order valence-electron chi connectivity index (χ1n) is 4.97. The SMILES string of the molecule is CC(C)CN1CCC(F)C[C@@H]1C. The molecule has 1 nitrogen and oxygen atoms in total. The van der Waals surface area contributed by atoms with Gasteiger partial charge in [-0.3, -0.25) is 0 Å². The molecular formula is C10H20FN. The monoisotopic (exact) mass is 173 g/mol. The largest absolute Gasteiger partial charge is 0.300 e. The third kappa shape index (κ3) is 2.74. The Morgan fingerprint density at radius 1 is 1.50 bits per heavy atom. The predicted octanol–water partition coefficient (Wildman–Crippen LogP) is 2.46. The molecule has 0 bridgehead atoms. The summed E-state index contributed by atoms with van der Waals surface area (Å²) in [6.07, 6.45) is 0.910. The van der Waals surface area contributed by atoms with E-state index >= 15 is 0 Å². The van der Waals surface area contributed by atoms with E-state index in [-0.39, 0.29) is 0 Å². The van der Waals surface area contributed by atoms with E-state index in [9.17, 15) is 4.39 Å². The van der Waals surface area contributed by atoms with Crippen molar-refractivity contribution in [3.05, 3.63) is 0 Å². The maximum atomic E-state index is 12.9. The lowest BCUT2D eigenvalue weighted by Crippen LogP contribution is -2.43. The summed E-state index contributed by atoms with van der Waals surface area (Å²) in [7, 11) is 0. The Bertz CT molecular complexity index is 136. The summed E-state index contributed by atoms with van der Waals surface area (Å²) in [6.45, 7) is 8.63. The highest BCUT2D eigenvalue weighted by Crippen LogP contribution is 2.20. The van der Waals surface area contributed by atoms with Gasteiger partial charge < -0.3 is 4.90 Å². The maximum Gasteiger partial charge on any atom is 0.103 e. The normalized spacial score (nSPS) is 32.8. The minimum Gasteiger partial charge on any atom is -0.300 e. The molecule has 0 saturated carbocycles. The third-order valence-corrected chi connectivity index (χ3v) is 2.55. The average Bonchev–Trinajstić information content (AvgIpc) is 1.94. The molecule has 1 unspecified atom stereocenters. The summed E-state index contributed by atoms with van der Waals surface area (Å²) < 4.78 is 12.9. The topological polar surface area (TPSA) is 3.24 Å². The molecule has 0 aromatic carbocycles. The molecule has 0 aromatic heterocycles. The number of hydrogen-bond acceptors (Lipinski definition) is 1. The van der Waals surface area contributed by atoms with Crippen LogP contribution in [0.1, 0.15) is 33.6 Å². The second-order valence-electron chi connectivity index (χ2n) is 4.36. The van der Waals surface area contributed by atoms with Crippen LogP contribution in [-0.2, 0) is 0 Å². The Kier molecular flexibility index (Phi) is 3.51. The average molecular weight is 173 g/mol. The molecule has 2 atom stereocenters. The lowest BCUT2D eigenvalue weighted by atomic mass is 10.0. The van der Waals surface area contributed by atoms with Crippen LogP contribution >= 0.6 is 0 Å². The van der Waals surface area contributed by atoms with Gasteiger partial charge in [-0.15, -0.1) is 0 Å². The van der Waals surface area contributed by atoms with Crippen molar-refractivity contribution in [3.8, 4) is 0 Å². The second-order valence-corrected chi connectivity index (χ2v) is 4.36. The quantitative estimate of drug-likeness (QED) is 0.620. The molecule has 0 N–H and O–H groups in total. The summed E-state index contributed by atoms with van der Waals surface area (Å²) >= 11 is 0. The maximum absolute atomic E-state index is 12.9. The molecule has 12 heavy (non-hydrogen) atoms. The van der Waals surface area contributed by atoms with E-state index in [0.29, 0.717) is 12.0 Å². The van der Waals surface area contributed by atoms with Gasteiger partial charge in [0.1, 0.15) is 6.17 Å². The third-order valence-electron chi connectivity index (χ3n) is 2.55. The second kappa shape index (κ2) is 4.22. The first-order chi connectivity index (χ1) is 5.59. The van der Waals surface area contributed by atoms with Gasteiger partial charge in [-0.05, 0) is 25.7 Å². The molecule has 1 heterocycles. The van der Waals surface area contributed by atoms with Gasteiger partial charge >= 0.3 is 0 Å². The first kappa shape index (κ1) is 9.97. The lowest BCUT2D eigenvalue weighted by molar-refractivity contribution is 0.0896. The van der Waals surface area contributed by atoms with Crippen molar-refractivity contribution in [2.24, 2.45) is 5.92 Å². The van der Waals surface area contributed by atoms with Crippen LogP contribution in [0, 0.1) is 5.92 Å². The van der Waals surface area contributed by atoms with Crippen molar-refractivity contribution >= 4 is 0 Å². The van der Waals surface area contributed by atoms with Crippen molar-refractivity contribution in [2.75, 3.05) is 13.1 Å². The first-order valence-corrected chi connectivity index (χ1v) is 4.97. The van der Waals surface area contributed by atoms with Gasteiger partial charge in [-0.25, -0.2) is 4.39 Å². The van der Waals surface area contributed by atoms with E-state index in [0.717, 1.165) is 25.9 Å². The smallest absolute Gasteiger partial charge is 0.103 e. The molecule has 1 aliphatic heterocycles. The van der Waals surface area contributed by atoms with Crippen molar-refractivity contribution in [1.82, 2.24) is 4.90 Å². The summed E-state index contributed by atoms with van der Waals surface area (Å²) in [6, 6.07) is 0.441. The highest BCUT2D eigenvalue weighted by atomic mass is 19.1. The summed E-state index contributed by atoms with van der Waals surface area (Å²) in [5.74, 6) is 0.698. The van der Waals surface area contributed by atoms with Crippen LogP contribution in [-0.4, -0.2) is 30.2 Å². The van der Waals surface area contributed by atoms with Crippen molar-refractivity contribution < 1.29 is 4.39 Å². The van der Waals surface area contributed by atoms with Crippen LogP contribution in [0.4, 0.5) is 4.39 Å². The van der Waals surface area contributed by atoms with E-state index in [1.54, 1.807) is 0 Å². The standard InChI is InChI=1S/C10H20FN/c1-8(2)7-12-5-4-10(11)6-9(12)3/h8-10H,4-7H2,1-3H3/t9-,10?/m0/s1. The molecule has 0 aliphatic carbocycles. The summed E-state index contributed by atoms with van der Waals surface area (Å²) in [5.41, 5.74) is 0. The Hall–Kier alpha value is -0.110. The van der Waals surface area contributed by atoms with Gasteiger partial charge in [0.25, 0.3) is 0 Å². The molecule has 1 saturated heterocycles. The number of hydrogen-bond donors (Lipinski definition) is 0. The van der Waals surface area contributed by atoms with Crippen LogP contribution in [0.3, 0.4) is 0 Å². The summed E-state index contributed by atoms with van der Waals surface area (Å²) in [5, 5.41) is 0. The van der Waals surface area contributed by atoms with Crippen molar-refractivity contribution in [1.29, 1.82) is 0 Å². The van der Waals surface area contributed by atoms with Gasteiger partial charge in [-0.2, -0.15) is 0 Å². The predicted molar refractivity (Wildman–Crippen MR) is 50.0 cm³/mol. The van der Waals surface area contributed by atoms with Crippen LogP contribution in [0.5, 0.6) is 0 Å². The van der Waals surface area contributed by atoms with E-state index < -0.39 is 6.17 Å². The van der Waals surface area contributed by atoms with Gasteiger partial charge in [0.05, 0.1) is 0 Å². The fourth-order valence-corrected chi connectivity index (χ4v) is 1.90. The zero-order valence-electron chi connectivity index (χ0n) is 8.39. The lowest BCUT2D eigenvalue weighted by Gasteiger charge is -2.36. The van der Waals surface area contributed by atoms with Crippen LogP contribution in [0.15, 0.2) is 0 Å². The molecule has 72 valence electrons. The van der Waals surface area contributed by atoms with Crippen molar-refractivity contribution in [2.45, 2.75) is 45.8 Å². The van der Waals surface area contributed by atoms with E-state index in [4.69, 9.17) is 0 Å². The minimum absolute atomic E-state index is 0.441. The van der Waals surface area contributed by atoms with Crippen molar-refractivity contribution in [3.63, 3.8) is 0 Å². The number of rotatable bonds is 2. The molecular weight excluding hydrogens is 153 g/mol. The number of nitrogens with zero attached hydrogens (tertiary/aromatic N) is 1. The number of alkyl halides is 1. The zero-order chi connectivity index (χ0) is 9.14. The highest BCUT2D eigenvalue weighted by Gasteiger charge is 2.24. The molecule has 0 radical (unpaired) electrons. The van der Waals surface area contributed by atoms with Crippen LogP contribution in [0.2, 0.25) is 0 Å². The number of piperidine rings is 1. The molecule has 0 spiro atoms. The Labute approximate surface area is 74.9 Å². The highest BCUT2D eigenvalue weighted by molar-refractivity contribution is 4.78. The van der Waals surface area contributed by atoms with Crippen LogP contribution in [0.25, 0.3) is 0 Å². The zero-order valence-corrected chi connectivity index (χ0v) is 8.39. The van der Waals surface area contributed by atoms with Gasteiger partial charge in [0.2, 0.25) is 0 Å². The van der Waals surface area contributed by atoms with Gasteiger partial charge in [-0.1, -0.05) is 13.8 Å². The van der Waals surface area contributed by atoms with Crippen LogP contribution < -0.4 is 0 Å². The number of likely N-dealkylation sites (tertiary alicyclic amines) is 1. The molecule has 1 aliphatic rings. The molecule has 0 aromatic rings. The molecule has 2 heteroatoms. The van der Waals surface area contributed by atoms with Gasteiger partial charge in [0, 0.05) is 19.1 Å². The number of halogens is 1. The van der Waals surface area contributed by atoms with Gasteiger partial charge in [0.15, 0.2) is 0 Å². The van der Waals surface area contributed by atoms with E-state index in [1.165, 1.54) is 0 Å².